The van der Waals surface area contributed by atoms with Gasteiger partial charge in [0, 0.05) is 0 Å². The molecule has 1 atom stereocenters. The van der Waals surface area contributed by atoms with Crippen molar-refractivity contribution in [3.8, 4) is 11.5 Å². The van der Waals surface area contributed by atoms with Gasteiger partial charge in [0.15, 0.2) is 11.5 Å². The summed E-state index contributed by atoms with van der Waals surface area (Å²) in [6, 6.07) is 5.66. The van der Waals surface area contributed by atoms with Crippen molar-refractivity contribution in [2.75, 3.05) is 6.61 Å². The van der Waals surface area contributed by atoms with E-state index in [-0.39, 0.29) is 12.0 Å². The summed E-state index contributed by atoms with van der Waals surface area (Å²) in [5, 5.41) is 2.60. The lowest BCUT2D eigenvalue weighted by Gasteiger charge is -2.16. The Balaban J connectivity index is 2.27. The summed E-state index contributed by atoms with van der Waals surface area (Å²) < 4.78 is 12.0. The van der Waals surface area contributed by atoms with Crippen molar-refractivity contribution in [3.63, 3.8) is 0 Å². The Hall–Kier alpha value is -1.53. The van der Waals surface area contributed by atoms with Crippen molar-refractivity contribution in [2.45, 2.75) is 33.3 Å². The van der Waals surface area contributed by atoms with Gasteiger partial charge in [0.05, 0.1) is 17.6 Å². The second-order valence-electron chi connectivity index (χ2n) is 4.83. The van der Waals surface area contributed by atoms with E-state index in [2.05, 4.69) is 12.2 Å². The number of hydrogen-bond acceptors (Lipinski definition) is 5. The average molecular weight is 337 g/mol. The number of amides is 1. The number of carbonyl (C=O) groups is 1. The smallest absolute Gasteiger partial charge is 0.263 e. The molecule has 0 aliphatic carbocycles. The molecule has 0 bridgehead atoms. The van der Waals surface area contributed by atoms with Crippen molar-refractivity contribution < 1.29 is 14.3 Å². The van der Waals surface area contributed by atoms with Crippen LogP contribution in [0.25, 0.3) is 6.08 Å². The first-order valence-electron chi connectivity index (χ1n) is 7.21. The molecule has 1 fully saturated rings. The highest BCUT2D eigenvalue weighted by Crippen LogP contribution is 2.32. The summed E-state index contributed by atoms with van der Waals surface area (Å²) in [4.78, 5) is 12.3. The number of benzene rings is 1. The Morgan fingerprint density at radius 3 is 2.73 bits per heavy atom. The second kappa shape index (κ2) is 7.65. The van der Waals surface area contributed by atoms with Gasteiger partial charge in [0.25, 0.3) is 5.91 Å². The normalized spacial score (nSPS) is 17.5. The van der Waals surface area contributed by atoms with E-state index < -0.39 is 0 Å². The van der Waals surface area contributed by atoms with Gasteiger partial charge < -0.3 is 14.8 Å². The maximum atomic E-state index is 11.7. The van der Waals surface area contributed by atoms with Gasteiger partial charge in [-0.2, -0.15) is 0 Å². The summed E-state index contributed by atoms with van der Waals surface area (Å²) in [5.41, 5.74) is 0.877. The quantitative estimate of drug-likeness (QED) is 0.633. The molecule has 1 aliphatic heterocycles. The topological polar surface area (TPSA) is 47.6 Å². The summed E-state index contributed by atoms with van der Waals surface area (Å²) in [7, 11) is 0. The molecular formula is C16H19NO3S2. The van der Waals surface area contributed by atoms with Crippen LogP contribution in [0.3, 0.4) is 0 Å². The van der Waals surface area contributed by atoms with E-state index in [1.54, 1.807) is 6.08 Å². The van der Waals surface area contributed by atoms with Gasteiger partial charge in [0.2, 0.25) is 0 Å². The van der Waals surface area contributed by atoms with Crippen LogP contribution in [0, 0.1) is 0 Å². The van der Waals surface area contributed by atoms with Crippen LogP contribution in [0.15, 0.2) is 23.1 Å². The first-order valence-corrected chi connectivity index (χ1v) is 8.44. The van der Waals surface area contributed by atoms with Crippen molar-refractivity contribution in [1.29, 1.82) is 0 Å². The van der Waals surface area contributed by atoms with Crippen molar-refractivity contribution >= 4 is 40.3 Å². The van der Waals surface area contributed by atoms with Gasteiger partial charge in [-0.1, -0.05) is 37.0 Å². The molecule has 0 aromatic heterocycles. The summed E-state index contributed by atoms with van der Waals surface area (Å²) in [6.07, 6.45) is 2.84. The lowest BCUT2D eigenvalue weighted by Crippen LogP contribution is -2.17. The molecule has 1 aliphatic rings. The van der Waals surface area contributed by atoms with Crippen molar-refractivity contribution in [3.05, 3.63) is 28.7 Å². The van der Waals surface area contributed by atoms with Gasteiger partial charge >= 0.3 is 0 Å². The first-order chi connectivity index (χ1) is 10.5. The van der Waals surface area contributed by atoms with E-state index in [9.17, 15) is 4.79 Å². The zero-order chi connectivity index (χ0) is 16.1. The lowest BCUT2D eigenvalue weighted by molar-refractivity contribution is -0.115. The minimum Gasteiger partial charge on any atom is -0.490 e. The number of thioether (sulfide) groups is 1. The van der Waals surface area contributed by atoms with E-state index in [1.807, 2.05) is 32.0 Å². The fraction of sp³-hybridized carbons (Fsp3) is 0.375. The van der Waals surface area contributed by atoms with Crippen LogP contribution in [-0.4, -0.2) is 22.9 Å². The molecule has 0 saturated carbocycles. The number of hydrogen-bond donors (Lipinski definition) is 1. The highest BCUT2D eigenvalue weighted by atomic mass is 32.2. The SMILES string of the molecule is CCOc1cc(/C=C2\SC(=S)NC2=O)ccc1O[C@H](C)CC. The molecule has 2 rings (SSSR count). The summed E-state index contributed by atoms with van der Waals surface area (Å²) in [5.74, 6) is 1.24. The van der Waals surface area contributed by atoms with Crippen LogP contribution in [0.4, 0.5) is 0 Å². The van der Waals surface area contributed by atoms with Crippen LogP contribution in [0.2, 0.25) is 0 Å². The lowest BCUT2D eigenvalue weighted by atomic mass is 10.1. The standard InChI is InChI=1S/C16H19NO3S2/c1-4-10(3)20-12-7-6-11(8-13(12)19-5-2)9-14-15(18)17-16(21)22-14/h6-10H,4-5H2,1-3H3,(H,17,18,21)/b14-9-/t10-/m1/s1. The fourth-order valence-corrected chi connectivity index (χ4v) is 2.90. The van der Waals surface area contributed by atoms with Crippen LogP contribution >= 0.6 is 24.0 Å². The van der Waals surface area contributed by atoms with Gasteiger partial charge in [-0.3, -0.25) is 4.79 Å². The third-order valence-corrected chi connectivity index (χ3v) is 4.27. The Kier molecular flexibility index (Phi) is 5.85. The minimum atomic E-state index is -0.159. The van der Waals surface area contributed by atoms with E-state index in [0.29, 0.717) is 21.6 Å². The van der Waals surface area contributed by atoms with Crippen LogP contribution in [-0.2, 0) is 4.79 Å². The molecular weight excluding hydrogens is 318 g/mol. The van der Waals surface area contributed by atoms with E-state index in [0.717, 1.165) is 17.7 Å². The van der Waals surface area contributed by atoms with Crippen LogP contribution < -0.4 is 14.8 Å². The summed E-state index contributed by atoms with van der Waals surface area (Å²) >= 11 is 6.25. The molecule has 1 amide bonds. The Morgan fingerprint density at radius 2 is 2.14 bits per heavy atom. The molecule has 118 valence electrons. The molecule has 22 heavy (non-hydrogen) atoms. The molecule has 1 aromatic rings. The van der Waals surface area contributed by atoms with Crippen molar-refractivity contribution in [1.82, 2.24) is 5.32 Å². The molecule has 0 radical (unpaired) electrons. The number of rotatable bonds is 6. The zero-order valence-electron chi connectivity index (χ0n) is 12.8. The number of carbonyl (C=O) groups excluding carboxylic acids is 1. The molecule has 0 unspecified atom stereocenters. The van der Waals surface area contributed by atoms with Gasteiger partial charge in [-0.25, -0.2) is 0 Å². The third-order valence-electron chi connectivity index (χ3n) is 3.11. The molecule has 4 nitrogen and oxygen atoms in total. The predicted octanol–water partition coefficient (Wildman–Crippen LogP) is 3.75. The van der Waals surface area contributed by atoms with E-state index in [1.165, 1.54) is 11.8 Å². The Labute approximate surface area is 140 Å². The maximum absolute atomic E-state index is 11.7. The maximum Gasteiger partial charge on any atom is 0.263 e. The second-order valence-corrected chi connectivity index (χ2v) is 6.55. The molecule has 0 spiro atoms. The molecule has 1 heterocycles. The van der Waals surface area contributed by atoms with Gasteiger partial charge in [0.1, 0.15) is 4.32 Å². The third kappa shape index (κ3) is 4.24. The predicted molar refractivity (Wildman–Crippen MR) is 94.3 cm³/mol. The molecule has 1 N–H and O–H groups in total. The van der Waals surface area contributed by atoms with Gasteiger partial charge in [-0.05, 0) is 44.0 Å². The van der Waals surface area contributed by atoms with Gasteiger partial charge in [-0.15, -0.1) is 0 Å². The van der Waals surface area contributed by atoms with Crippen LogP contribution in [0.1, 0.15) is 32.8 Å². The first kappa shape index (κ1) is 16.8. The Morgan fingerprint density at radius 1 is 1.36 bits per heavy atom. The van der Waals surface area contributed by atoms with Crippen molar-refractivity contribution in [2.24, 2.45) is 0 Å². The largest absolute Gasteiger partial charge is 0.490 e. The van der Waals surface area contributed by atoms with E-state index in [4.69, 9.17) is 21.7 Å². The fourth-order valence-electron chi connectivity index (χ4n) is 1.85. The highest BCUT2D eigenvalue weighted by molar-refractivity contribution is 8.26. The molecule has 6 heteroatoms. The minimum absolute atomic E-state index is 0.122. The molecule has 1 saturated heterocycles. The number of thiocarbonyl (C=S) groups is 1. The average Bonchev–Trinajstić information content (AvgIpc) is 2.79. The highest BCUT2D eigenvalue weighted by Gasteiger charge is 2.22. The number of nitrogens with one attached hydrogen (secondary N) is 1. The summed E-state index contributed by atoms with van der Waals surface area (Å²) in [6.45, 7) is 6.57. The molecule has 1 aromatic carbocycles. The monoisotopic (exact) mass is 337 g/mol. The number of ether oxygens (including phenoxy) is 2. The van der Waals surface area contributed by atoms with Crippen LogP contribution in [0.5, 0.6) is 11.5 Å². The Bertz CT molecular complexity index is 613. The van der Waals surface area contributed by atoms with E-state index >= 15 is 0 Å². The zero-order valence-corrected chi connectivity index (χ0v) is 14.5.